The molecule has 2 bridgehead atoms. The van der Waals surface area contributed by atoms with E-state index in [-0.39, 0.29) is 49.0 Å². The van der Waals surface area contributed by atoms with E-state index in [1.165, 1.54) is 4.90 Å². The van der Waals surface area contributed by atoms with Gasteiger partial charge >= 0.3 is 6.09 Å². The molecule has 0 radical (unpaired) electrons. The van der Waals surface area contributed by atoms with Crippen LogP contribution in [0, 0.1) is 11.8 Å². The van der Waals surface area contributed by atoms with Gasteiger partial charge in [-0.3, -0.25) is 19.8 Å². The summed E-state index contributed by atoms with van der Waals surface area (Å²) in [6, 6.07) is 6.80. The van der Waals surface area contributed by atoms with Gasteiger partial charge in [0.1, 0.15) is 12.4 Å². The molecule has 8 heteroatoms. The minimum atomic E-state index is -0.641. The van der Waals surface area contributed by atoms with E-state index in [9.17, 15) is 14.4 Å². The highest BCUT2D eigenvalue weighted by molar-refractivity contribution is 6.06. The van der Waals surface area contributed by atoms with Crippen LogP contribution < -0.4 is 10.1 Å². The summed E-state index contributed by atoms with van der Waals surface area (Å²) in [7, 11) is 1.56. The van der Waals surface area contributed by atoms with Crippen molar-refractivity contribution >= 4 is 23.6 Å². The number of methoxy groups -OCH3 is 1. The maximum atomic E-state index is 12.5. The number of nitrogens with one attached hydrogen (secondary N) is 1. The van der Waals surface area contributed by atoms with Gasteiger partial charge in [-0.25, -0.2) is 4.79 Å². The van der Waals surface area contributed by atoms with Gasteiger partial charge in [0.15, 0.2) is 0 Å². The van der Waals surface area contributed by atoms with E-state index < -0.39 is 6.09 Å². The first-order chi connectivity index (χ1) is 12.6. The second-order valence-corrected chi connectivity index (χ2v) is 6.66. The zero-order valence-corrected chi connectivity index (χ0v) is 14.3. The van der Waals surface area contributed by atoms with E-state index in [4.69, 9.17) is 14.2 Å². The van der Waals surface area contributed by atoms with Gasteiger partial charge in [-0.15, -0.1) is 0 Å². The molecule has 3 amide bonds. The summed E-state index contributed by atoms with van der Waals surface area (Å²) < 4.78 is 15.8. The quantitative estimate of drug-likeness (QED) is 0.798. The number of anilines is 1. The van der Waals surface area contributed by atoms with E-state index >= 15 is 0 Å². The number of hydrogen-bond acceptors (Lipinski definition) is 6. The maximum absolute atomic E-state index is 12.5. The molecule has 138 valence electrons. The van der Waals surface area contributed by atoms with Gasteiger partial charge in [0, 0.05) is 5.69 Å². The number of imide groups is 1. The molecule has 26 heavy (non-hydrogen) atoms. The second kappa shape index (κ2) is 6.60. The van der Waals surface area contributed by atoms with Gasteiger partial charge in [-0.2, -0.15) is 0 Å². The molecule has 0 aliphatic carbocycles. The Hall–Kier alpha value is -2.61. The van der Waals surface area contributed by atoms with Crippen LogP contribution >= 0.6 is 0 Å². The van der Waals surface area contributed by atoms with Crippen LogP contribution in [0.2, 0.25) is 0 Å². The van der Waals surface area contributed by atoms with Crippen molar-refractivity contribution in [2.45, 2.75) is 25.0 Å². The van der Waals surface area contributed by atoms with Crippen LogP contribution in [0.3, 0.4) is 0 Å². The lowest BCUT2D eigenvalue weighted by Crippen LogP contribution is -2.37. The van der Waals surface area contributed by atoms with E-state index in [1.54, 1.807) is 31.4 Å². The van der Waals surface area contributed by atoms with E-state index in [2.05, 4.69) is 5.32 Å². The number of benzene rings is 1. The number of hydrogen-bond donors (Lipinski definition) is 1. The Balaban J connectivity index is 1.27. The summed E-state index contributed by atoms with van der Waals surface area (Å²) in [6.07, 6.45) is 0.758. The molecule has 0 spiro atoms. The molecular weight excluding hydrogens is 340 g/mol. The van der Waals surface area contributed by atoms with Crippen molar-refractivity contribution in [1.82, 2.24) is 4.90 Å². The number of amides is 3. The lowest BCUT2D eigenvalue weighted by atomic mass is 9.81. The molecule has 3 aliphatic heterocycles. The fourth-order valence-corrected chi connectivity index (χ4v) is 4.05. The van der Waals surface area contributed by atoms with Gasteiger partial charge in [0.2, 0.25) is 11.8 Å². The average Bonchev–Trinajstić information content (AvgIpc) is 3.32. The van der Waals surface area contributed by atoms with E-state index in [1.807, 2.05) is 0 Å². The number of ether oxygens (including phenoxy) is 3. The molecule has 3 saturated heterocycles. The molecule has 0 saturated carbocycles. The molecule has 0 aromatic heterocycles. The van der Waals surface area contributed by atoms with Crippen molar-refractivity contribution in [3.05, 3.63) is 24.3 Å². The van der Waals surface area contributed by atoms with Crippen LogP contribution in [0.25, 0.3) is 0 Å². The monoisotopic (exact) mass is 360 g/mol. The predicted octanol–water partition coefficient (Wildman–Crippen LogP) is 1.41. The molecule has 3 heterocycles. The lowest BCUT2D eigenvalue weighted by Gasteiger charge is -2.17. The zero-order chi connectivity index (χ0) is 18.3. The minimum absolute atomic E-state index is 0.0465. The van der Waals surface area contributed by atoms with Crippen LogP contribution in [0.1, 0.15) is 12.8 Å². The first-order valence-electron chi connectivity index (χ1n) is 8.67. The summed E-state index contributed by atoms with van der Waals surface area (Å²) in [5.41, 5.74) is 0.562. The highest BCUT2D eigenvalue weighted by Crippen LogP contribution is 2.48. The fourth-order valence-electron chi connectivity index (χ4n) is 4.05. The predicted molar refractivity (Wildman–Crippen MR) is 89.6 cm³/mol. The smallest absolute Gasteiger partial charge is 0.411 e. The molecule has 1 aromatic rings. The Morgan fingerprint density at radius 3 is 2.35 bits per heavy atom. The molecule has 8 nitrogen and oxygen atoms in total. The number of carbonyl (C=O) groups excluding carboxylic acids is 3. The van der Waals surface area contributed by atoms with Crippen molar-refractivity contribution in [3.63, 3.8) is 0 Å². The Labute approximate surface area is 150 Å². The SMILES string of the molecule is COc1ccc(NC(=O)OCCN2C(=O)C3C4CCC(O4)C3C2=O)cc1. The maximum Gasteiger partial charge on any atom is 0.411 e. The summed E-state index contributed by atoms with van der Waals surface area (Å²) >= 11 is 0. The van der Waals surface area contributed by atoms with Crippen molar-refractivity contribution in [2.75, 3.05) is 25.6 Å². The van der Waals surface area contributed by atoms with Crippen LogP contribution in [-0.2, 0) is 19.1 Å². The summed E-state index contributed by atoms with van der Waals surface area (Å²) in [6.45, 7) is 0.0231. The first kappa shape index (κ1) is 16.8. The molecule has 1 N–H and O–H groups in total. The lowest BCUT2D eigenvalue weighted by molar-refractivity contribution is -0.143. The first-order valence-corrected chi connectivity index (χ1v) is 8.67. The molecule has 3 aliphatic rings. The van der Waals surface area contributed by atoms with Crippen LogP contribution in [-0.4, -0.2) is 55.3 Å². The van der Waals surface area contributed by atoms with Crippen molar-refractivity contribution in [1.29, 1.82) is 0 Å². The molecule has 1 aromatic carbocycles. The zero-order valence-electron chi connectivity index (χ0n) is 14.3. The number of rotatable bonds is 5. The largest absolute Gasteiger partial charge is 0.497 e. The summed E-state index contributed by atoms with van der Waals surface area (Å²) in [5.74, 6) is -0.431. The summed E-state index contributed by atoms with van der Waals surface area (Å²) in [4.78, 5) is 38.0. The van der Waals surface area contributed by atoms with Gasteiger partial charge in [0.25, 0.3) is 0 Å². The average molecular weight is 360 g/mol. The van der Waals surface area contributed by atoms with Crippen molar-refractivity contribution in [2.24, 2.45) is 11.8 Å². The third-order valence-electron chi connectivity index (χ3n) is 5.26. The van der Waals surface area contributed by atoms with E-state index in [0.29, 0.717) is 11.4 Å². The topological polar surface area (TPSA) is 94.2 Å². The Morgan fingerprint density at radius 2 is 1.77 bits per heavy atom. The highest BCUT2D eigenvalue weighted by Gasteiger charge is 2.62. The molecule has 4 atom stereocenters. The minimum Gasteiger partial charge on any atom is -0.497 e. The van der Waals surface area contributed by atoms with Crippen molar-refractivity contribution in [3.8, 4) is 5.75 Å². The van der Waals surface area contributed by atoms with Crippen molar-refractivity contribution < 1.29 is 28.6 Å². The number of nitrogens with zero attached hydrogens (tertiary/aromatic N) is 1. The summed E-state index contributed by atoms with van der Waals surface area (Å²) in [5, 5.41) is 2.58. The Kier molecular flexibility index (Phi) is 4.28. The Morgan fingerprint density at radius 1 is 1.15 bits per heavy atom. The molecule has 3 fully saturated rings. The van der Waals surface area contributed by atoms with Gasteiger partial charge < -0.3 is 14.2 Å². The Bertz CT molecular complexity index is 706. The normalized spacial score (nSPS) is 29.0. The molecular formula is C18H20N2O6. The fraction of sp³-hybridized carbons (Fsp3) is 0.500. The third-order valence-corrected chi connectivity index (χ3v) is 5.26. The highest BCUT2D eigenvalue weighted by atomic mass is 16.5. The van der Waals surface area contributed by atoms with Crippen LogP contribution in [0.15, 0.2) is 24.3 Å². The van der Waals surface area contributed by atoms with E-state index in [0.717, 1.165) is 12.8 Å². The standard InChI is InChI=1S/C18H20N2O6/c1-24-11-4-2-10(3-5-11)19-18(23)25-9-8-20-16(21)14-12-6-7-13(26-12)15(14)17(20)22/h2-5,12-15H,6-9H2,1H3,(H,19,23). The van der Waals surface area contributed by atoms with Gasteiger partial charge in [-0.05, 0) is 37.1 Å². The number of likely N-dealkylation sites (tertiary alicyclic amines) is 1. The number of fused-ring (bicyclic) bond motifs is 5. The number of carbonyl (C=O) groups is 3. The second-order valence-electron chi connectivity index (χ2n) is 6.66. The van der Waals surface area contributed by atoms with Gasteiger partial charge in [0.05, 0.1) is 37.7 Å². The molecule has 4 unspecified atom stereocenters. The van der Waals surface area contributed by atoms with Crippen LogP contribution in [0.4, 0.5) is 10.5 Å². The van der Waals surface area contributed by atoms with Gasteiger partial charge in [-0.1, -0.05) is 0 Å². The van der Waals surface area contributed by atoms with Crippen LogP contribution in [0.5, 0.6) is 5.75 Å². The molecule has 4 rings (SSSR count). The third kappa shape index (κ3) is 2.80.